The molecule has 0 fully saturated rings. The number of aromatic nitrogens is 3. The molecule has 0 amide bonds. The number of hydrogen-bond donors (Lipinski definition) is 0. The van der Waals surface area contributed by atoms with E-state index in [1.54, 1.807) is 18.9 Å². The maximum absolute atomic E-state index is 5.35. The van der Waals surface area contributed by atoms with Gasteiger partial charge in [-0.15, -0.1) is 10.2 Å². The minimum atomic E-state index is 0.182. The molecule has 6 heteroatoms. The van der Waals surface area contributed by atoms with E-state index in [0.717, 1.165) is 34.6 Å². The molecule has 0 aliphatic heterocycles. The average Bonchev–Trinajstić information content (AvgIpc) is 3.21. The number of methoxy groups -OCH3 is 1. The Morgan fingerprint density at radius 3 is 2.42 bits per heavy atom. The van der Waals surface area contributed by atoms with Gasteiger partial charge in [-0.1, -0.05) is 61.2 Å². The van der Waals surface area contributed by atoms with E-state index in [1.165, 1.54) is 16.3 Å². The van der Waals surface area contributed by atoms with E-state index >= 15 is 0 Å². The van der Waals surface area contributed by atoms with Gasteiger partial charge in [0.15, 0.2) is 11.0 Å². The van der Waals surface area contributed by atoms with Crippen molar-refractivity contribution in [2.45, 2.75) is 30.3 Å². The molecular formula is C25H28N4OS. The van der Waals surface area contributed by atoms with E-state index in [0.29, 0.717) is 0 Å². The monoisotopic (exact) mass is 432 g/mol. The van der Waals surface area contributed by atoms with Crippen LogP contribution < -0.4 is 4.74 Å². The van der Waals surface area contributed by atoms with Crippen LogP contribution in [0.25, 0.3) is 16.5 Å². The van der Waals surface area contributed by atoms with Crippen molar-refractivity contribution in [3.05, 3.63) is 78.1 Å². The molecule has 3 aromatic carbocycles. The van der Waals surface area contributed by atoms with Crippen molar-refractivity contribution in [2.75, 3.05) is 21.2 Å². The maximum atomic E-state index is 5.35. The second kappa shape index (κ2) is 9.54. The Balaban J connectivity index is 1.72. The summed E-state index contributed by atoms with van der Waals surface area (Å²) < 4.78 is 7.53. The zero-order chi connectivity index (χ0) is 21.8. The normalized spacial score (nSPS) is 12.4. The number of rotatable bonds is 8. The molecule has 31 heavy (non-hydrogen) atoms. The Kier molecular flexibility index (Phi) is 6.59. The quantitative estimate of drug-likeness (QED) is 0.333. The Labute approximate surface area is 188 Å². The first kappa shape index (κ1) is 21.4. The standard InChI is InChI=1S/C25H28N4OS/c1-5-23(28(2)3)24-26-27-25(29(24)20-13-15-21(30-4)16-14-20)31-17-19-11-8-10-18-9-6-7-12-22(18)19/h6-16,23H,5,17H2,1-4H3. The van der Waals surface area contributed by atoms with Crippen LogP contribution in [0.5, 0.6) is 5.75 Å². The van der Waals surface area contributed by atoms with Crippen LogP contribution in [-0.4, -0.2) is 40.9 Å². The molecule has 1 aromatic heterocycles. The highest BCUT2D eigenvalue weighted by Crippen LogP contribution is 2.32. The molecule has 160 valence electrons. The molecule has 4 aromatic rings. The third kappa shape index (κ3) is 4.45. The first-order valence-corrected chi connectivity index (χ1v) is 11.5. The van der Waals surface area contributed by atoms with Gasteiger partial charge >= 0.3 is 0 Å². The molecule has 5 nitrogen and oxygen atoms in total. The topological polar surface area (TPSA) is 43.2 Å². The van der Waals surface area contributed by atoms with Crippen LogP contribution >= 0.6 is 11.8 Å². The molecule has 1 atom stereocenters. The molecule has 0 saturated carbocycles. The first-order valence-electron chi connectivity index (χ1n) is 10.5. The van der Waals surface area contributed by atoms with Crippen LogP contribution in [0.3, 0.4) is 0 Å². The molecule has 0 saturated heterocycles. The minimum Gasteiger partial charge on any atom is -0.497 e. The lowest BCUT2D eigenvalue weighted by molar-refractivity contribution is 0.276. The van der Waals surface area contributed by atoms with Crippen LogP contribution in [0.2, 0.25) is 0 Å². The van der Waals surface area contributed by atoms with E-state index in [2.05, 4.69) is 95.3 Å². The number of fused-ring (bicyclic) bond motifs is 1. The van der Waals surface area contributed by atoms with Gasteiger partial charge in [0.05, 0.1) is 13.2 Å². The lowest BCUT2D eigenvalue weighted by Gasteiger charge is -2.23. The Hall–Kier alpha value is -2.83. The van der Waals surface area contributed by atoms with Crippen LogP contribution in [0, 0.1) is 0 Å². The van der Waals surface area contributed by atoms with E-state index in [4.69, 9.17) is 4.74 Å². The fourth-order valence-electron chi connectivity index (χ4n) is 3.90. The summed E-state index contributed by atoms with van der Waals surface area (Å²) in [6.45, 7) is 2.18. The summed E-state index contributed by atoms with van der Waals surface area (Å²) in [5.74, 6) is 2.62. The van der Waals surface area contributed by atoms with Gasteiger partial charge in [-0.25, -0.2) is 0 Å². The SMILES string of the molecule is CCC(c1nnc(SCc2cccc3ccccc23)n1-c1ccc(OC)cc1)N(C)C. The van der Waals surface area contributed by atoms with Gasteiger partial charge in [0, 0.05) is 11.4 Å². The van der Waals surface area contributed by atoms with Gasteiger partial charge in [0.2, 0.25) is 0 Å². The van der Waals surface area contributed by atoms with Crippen molar-refractivity contribution in [2.24, 2.45) is 0 Å². The number of benzene rings is 3. The number of thioether (sulfide) groups is 1. The minimum absolute atomic E-state index is 0.182. The van der Waals surface area contributed by atoms with Gasteiger partial charge in [-0.3, -0.25) is 9.47 Å². The van der Waals surface area contributed by atoms with Crippen LogP contribution in [0.1, 0.15) is 30.8 Å². The van der Waals surface area contributed by atoms with Gasteiger partial charge < -0.3 is 4.74 Å². The number of hydrogen-bond acceptors (Lipinski definition) is 5. The predicted octanol–water partition coefficient (Wildman–Crippen LogP) is 5.73. The fourth-order valence-corrected chi connectivity index (χ4v) is 4.87. The highest BCUT2D eigenvalue weighted by molar-refractivity contribution is 7.98. The zero-order valence-electron chi connectivity index (χ0n) is 18.4. The molecule has 1 heterocycles. The highest BCUT2D eigenvalue weighted by atomic mass is 32.2. The summed E-state index contributed by atoms with van der Waals surface area (Å²) >= 11 is 1.72. The van der Waals surface area contributed by atoms with Crippen LogP contribution in [-0.2, 0) is 5.75 Å². The summed E-state index contributed by atoms with van der Waals surface area (Å²) in [6.07, 6.45) is 0.954. The molecule has 0 bridgehead atoms. The smallest absolute Gasteiger partial charge is 0.196 e. The summed E-state index contributed by atoms with van der Waals surface area (Å²) in [4.78, 5) is 2.20. The van der Waals surface area contributed by atoms with Crippen molar-refractivity contribution in [1.29, 1.82) is 0 Å². The lowest BCUT2D eigenvalue weighted by Crippen LogP contribution is -2.22. The molecule has 0 aliphatic rings. The Morgan fingerprint density at radius 1 is 0.968 bits per heavy atom. The summed E-state index contributed by atoms with van der Waals surface area (Å²) in [5, 5.41) is 12.7. The predicted molar refractivity (Wildman–Crippen MR) is 128 cm³/mol. The molecule has 0 N–H and O–H groups in total. The molecule has 0 aliphatic carbocycles. The largest absolute Gasteiger partial charge is 0.497 e. The second-order valence-corrected chi connectivity index (χ2v) is 8.63. The van der Waals surface area contributed by atoms with Crippen LogP contribution in [0.15, 0.2) is 71.9 Å². The second-order valence-electron chi connectivity index (χ2n) is 7.69. The number of nitrogens with zero attached hydrogens (tertiary/aromatic N) is 4. The van der Waals surface area contributed by atoms with Gasteiger partial charge in [0.25, 0.3) is 0 Å². The fraction of sp³-hybridized carbons (Fsp3) is 0.280. The lowest BCUT2D eigenvalue weighted by atomic mass is 10.1. The van der Waals surface area contributed by atoms with Gasteiger partial charge in [-0.05, 0) is 61.1 Å². The molecule has 0 radical (unpaired) electrons. The van der Waals surface area contributed by atoms with E-state index in [1.807, 2.05) is 12.1 Å². The van der Waals surface area contributed by atoms with Crippen molar-refractivity contribution in [3.63, 3.8) is 0 Å². The summed E-state index contributed by atoms with van der Waals surface area (Å²) in [5.41, 5.74) is 2.34. The molecule has 4 rings (SSSR count). The molecular weight excluding hydrogens is 404 g/mol. The molecule has 0 spiro atoms. The summed E-state index contributed by atoms with van der Waals surface area (Å²) in [7, 11) is 5.86. The average molecular weight is 433 g/mol. The van der Waals surface area contributed by atoms with Crippen molar-refractivity contribution in [1.82, 2.24) is 19.7 Å². The first-order chi connectivity index (χ1) is 15.1. The van der Waals surface area contributed by atoms with Crippen molar-refractivity contribution < 1.29 is 4.74 Å². The Bertz CT molecular complexity index is 1150. The zero-order valence-corrected chi connectivity index (χ0v) is 19.3. The third-order valence-electron chi connectivity index (χ3n) is 5.53. The van der Waals surface area contributed by atoms with Gasteiger partial charge in [-0.2, -0.15) is 0 Å². The van der Waals surface area contributed by atoms with Crippen molar-refractivity contribution in [3.8, 4) is 11.4 Å². The van der Waals surface area contributed by atoms with E-state index < -0.39 is 0 Å². The van der Waals surface area contributed by atoms with Crippen LogP contribution in [0.4, 0.5) is 0 Å². The van der Waals surface area contributed by atoms with Crippen molar-refractivity contribution >= 4 is 22.5 Å². The Morgan fingerprint density at radius 2 is 1.71 bits per heavy atom. The third-order valence-corrected chi connectivity index (χ3v) is 6.51. The van der Waals surface area contributed by atoms with E-state index in [9.17, 15) is 0 Å². The van der Waals surface area contributed by atoms with Gasteiger partial charge in [0.1, 0.15) is 5.75 Å². The highest BCUT2D eigenvalue weighted by Gasteiger charge is 2.23. The maximum Gasteiger partial charge on any atom is 0.196 e. The number of ether oxygens (including phenoxy) is 1. The van der Waals surface area contributed by atoms with E-state index in [-0.39, 0.29) is 6.04 Å². The summed E-state index contributed by atoms with van der Waals surface area (Å²) in [6, 6.07) is 23.3. The molecule has 1 unspecified atom stereocenters.